The first-order chi connectivity index (χ1) is 5.88. The van der Waals surface area contributed by atoms with Crippen molar-refractivity contribution < 1.29 is 0 Å². The van der Waals surface area contributed by atoms with Crippen molar-refractivity contribution in [3.63, 3.8) is 0 Å². The van der Waals surface area contributed by atoms with Crippen molar-refractivity contribution in [1.82, 2.24) is 0 Å². The minimum Gasteiger partial charge on any atom is -0.402 e. The number of nitrogens with two attached hydrogens (primary N) is 1. The number of allylic oxidation sites excluding steroid dienone is 2. The Morgan fingerprint density at radius 1 is 1.38 bits per heavy atom. The van der Waals surface area contributed by atoms with Crippen molar-refractivity contribution in [3.8, 4) is 0 Å². The molecule has 0 aliphatic carbocycles. The van der Waals surface area contributed by atoms with Crippen molar-refractivity contribution in [1.29, 1.82) is 5.41 Å². The average Bonchev–Trinajstić information content (AvgIpc) is 1.99. The van der Waals surface area contributed by atoms with Crippen LogP contribution in [0.5, 0.6) is 0 Å². The van der Waals surface area contributed by atoms with E-state index in [4.69, 9.17) is 11.1 Å². The zero-order chi connectivity index (χ0) is 10.5. The van der Waals surface area contributed by atoms with Gasteiger partial charge in [-0.3, -0.25) is 0 Å². The third-order valence-corrected chi connectivity index (χ3v) is 1.96. The number of nitrogens with one attached hydrogen (secondary N) is 1. The molecule has 13 heavy (non-hydrogen) atoms. The van der Waals surface area contributed by atoms with Gasteiger partial charge in [0.1, 0.15) is 0 Å². The van der Waals surface area contributed by atoms with E-state index >= 15 is 0 Å². The molecule has 0 unspecified atom stereocenters. The van der Waals surface area contributed by atoms with Crippen LogP contribution < -0.4 is 5.73 Å². The van der Waals surface area contributed by atoms with Crippen LogP contribution in [-0.4, -0.2) is 5.71 Å². The Hall–Kier alpha value is -0.790. The summed E-state index contributed by atoms with van der Waals surface area (Å²) < 4.78 is 0. The summed E-state index contributed by atoms with van der Waals surface area (Å²) >= 11 is 0. The molecule has 0 radical (unpaired) electrons. The predicted molar refractivity (Wildman–Crippen MR) is 59.0 cm³/mol. The van der Waals surface area contributed by atoms with E-state index in [1.54, 1.807) is 6.08 Å². The van der Waals surface area contributed by atoms with Crippen LogP contribution in [0.25, 0.3) is 0 Å². The lowest BCUT2D eigenvalue weighted by Crippen LogP contribution is -2.18. The molecule has 0 saturated carbocycles. The standard InChI is InChI=1S/C11H22N2/c1-5-6-7-9(12)8-10(13)11(2,3)4/h8,13H,5-7,12H2,1-4H3/b9-8+,13-10?. The molecule has 0 heterocycles. The average molecular weight is 182 g/mol. The smallest absolute Gasteiger partial charge is 0.0384 e. The zero-order valence-corrected chi connectivity index (χ0v) is 9.28. The van der Waals surface area contributed by atoms with E-state index in [0.717, 1.165) is 25.0 Å². The molecule has 76 valence electrons. The van der Waals surface area contributed by atoms with E-state index in [9.17, 15) is 0 Å². The van der Waals surface area contributed by atoms with Gasteiger partial charge in [-0.15, -0.1) is 0 Å². The van der Waals surface area contributed by atoms with Gasteiger partial charge in [0.15, 0.2) is 0 Å². The Kier molecular flexibility index (Phi) is 4.74. The highest BCUT2D eigenvalue weighted by molar-refractivity contribution is 5.96. The van der Waals surface area contributed by atoms with E-state index in [0.29, 0.717) is 5.71 Å². The maximum absolute atomic E-state index is 7.75. The summed E-state index contributed by atoms with van der Waals surface area (Å²) in [5.74, 6) is 0. The topological polar surface area (TPSA) is 49.9 Å². The fourth-order valence-electron chi connectivity index (χ4n) is 0.855. The Bertz CT molecular complexity index is 197. The SMILES string of the molecule is CCCC/C(N)=C\C(=N)C(C)(C)C. The number of unbranched alkanes of at least 4 members (excludes halogenated alkanes) is 1. The highest BCUT2D eigenvalue weighted by atomic mass is 14.6. The Balaban J connectivity index is 4.15. The minimum atomic E-state index is -0.0865. The summed E-state index contributed by atoms with van der Waals surface area (Å²) in [5.41, 5.74) is 7.14. The molecule has 3 N–H and O–H groups in total. The maximum atomic E-state index is 7.75. The normalized spacial score (nSPS) is 13.1. The van der Waals surface area contributed by atoms with Gasteiger partial charge in [0.25, 0.3) is 0 Å². The molecule has 0 bridgehead atoms. The van der Waals surface area contributed by atoms with Gasteiger partial charge >= 0.3 is 0 Å². The number of rotatable bonds is 4. The highest BCUT2D eigenvalue weighted by Crippen LogP contribution is 2.16. The molecule has 2 nitrogen and oxygen atoms in total. The van der Waals surface area contributed by atoms with E-state index in [2.05, 4.69) is 6.92 Å². The van der Waals surface area contributed by atoms with Gasteiger partial charge in [-0.2, -0.15) is 0 Å². The first-order valence-corrected chi connectivity index (χ1v) is 4.93. The lowest BCUT2D eigenvalue weighted by Gasteiger charge is -2.17. The Morgan fingerprint density at radius 2 is 1.92 bits per heavy atom. The van der Waals surface area contributed by atoms with E-state index in [1.807, 2.05) is 20.8 Å². The molecule has 0 aromatic rings. The predicted octanol–water partition coefficient (Wildman–Crippen LogP) is 3.09. The summed E-state index contributed by atoms with van der Waals surface area (Å²) in [6.45, 7) is 8.22. The van der Waals surface area contributed by atoms with Crippen molar-refractivity contribution in [2.45, 2.75) is 47.0 Å². The number of hydrogen-bond acceptors (Lipinski definition) is 2. The minimum absolute atomic E-state index is 0.0865. The second-order valence-electron chi connectivity index (χ2n) is 4.49. The van der Waals surface area contributed by atoms with Gasteiger partial charge in [-0.05, 0) is 18.9 Å². The molecule has 2 heteroatoms. The second kappa shape index (κ2) is 5.05. The Labute approximate surface area is 81.7 Å². The maximum Gasteiger partial charge on any atom is 0.0384 e. The monoisotopic (exact) mass is 182 g/mol. The van der Waals surface area contributed by atoms with Crippen molar-refractivity contribution in [3.05, 3.63) is 11.8 Å². The van der Waals surface area contributed by atoms with Crippen LogP contribution in [0.15, 0.2) is 11.8 Å². The van der Waals surface area contributed by atoms with Gasteiger partial charge < -0.3 is 11.1 Å². The zero-order valence-electron chi connectivity index (χ0n) is 9.28. The summed E-state index contributed by atoms with van der Waals surface area (Å²) in [6.07, 6.45) is 4.97. The fourth-order valence-corrected chi connectivity index (χ4v) is 0.855. The molecule has 0 saturated heterocycles. The van der Waals surface area contributed by atoms with Crippen LogP contribution in [-0.2, 0) is 0 Å². The van der Waals surface area contributed by atoms with Gasteiger partial charge in [0.2, 0.25) is 0 Å². The summed E-state index contributed by atoms with van der Waals surface area (Å²) in [6, 6.07) is 0. The molecule has 0 spiro atoms. The van der Waals surface area contributed by atoms with E-state index in [-0.39, 0.29) is 5.41 Å². The summed E-state index contributed by atoms with van der Waals surface area (Å²) in [5, 5.41) is 7.75. The second-order valence-corrected chi connectivity index (χ2v) is 4.49. The van der Waals surface area contributed by atoms with Crippen LogP contribution in [0.2, 0.25) is 0 Å². The summed E-state index contributed by atoms with van der Waals surface area (Å²) in [7, 11) is 0. The number of hydrogen-bond donors (Lipinski definition) is 2. The molecule has 0 aromatic heterocycles. The van der Waals surface area contributed by atoms with Crippen LogP contribution in [0.3, 0.4) is 0 Å². The molecule has 0 aliphatic heterocycles. The van der Waals surface area contributed by atoms with Crippen molar-refractivity contribution in [2.75, 3.05) is 0 Å². The summed E-state index contributed by atoms with van der Waals surface area (Å²) in [4.78, 5) is 0. The van der Waals surface area contributed by atoms with Gasteiger partial charge in [0, 0.05) is 16.8 Å². The molecule has 0 rings (SSSR count). The van der Waals surface area contributed by atoms with Crippen LogP contribution in [0.1, 0.15) is 47.0 Å². The third kappa shape index (κ3) is 5.45. The van der Waals surface area contributed by atoms with Gasteiger partial charge in [-0.25, -0.2) is 0 Å². The molecule has 0 atom stereocenters. The van der Waals surface area contributed by atoms with Crippen LogP contribution in [0.4, 0.5) is 0 Å². The lowest BCUT2D eigenvalue weighted by molar-refractivity contribution is 0.590. The lowest BCUT2D eigenvalue weighted by atomic mass is 9.89. The Morgan fingerprint density at radius 3 is 2.31 bits per heavy atom. The molecule has 0 aliphatic rings. The molecule has 0 fully saturated rings. The van der Waals surface area contributed by atoms with E-state index in [1.165, 1.54) is 0 Å². The molecule has 0 amide bonds. The van der Waals surface area contributed by atoms with Crippen LogP contribution >= 0.6 is 0 Å². The van der Waals surface area contributed by atoms with Crippen LogP contribution in [0, 0.1) is 10.8 Å². The van der Waals surface area contributed by atoms with Crippen molar-refractivity contribution >= 4 is 5.71 Å². The highest BCUT2D eigenvalue weighted by Gasteiger charge is 2.14. The van der Waals surface area contributed by atoms with Crippen molar-refractivity contribution in [2.24, 2.45) is 11.1 Å². The molecular formula is C11H22N2. The van der Waals surface area contributed by atoms with E-state index < -0.39 is 0 Å². The first kappa shape index (κ1) is 12.2. The van der Waals surface area contributed by atoms with Gasteiger partial charge in [-0.1, -0.05) is 34.1 Å². The quantitative estimate of drug-likeness (QED) is 0.645. The molecule has 0 aromatic carbocycles. The van der Waals surface area contributed by atoms with Gasteiger partial charge in [0.05, 0.1) is 0 Å². The molecular weight excluding hydrogens is 160 g/mol. The third-order valence-electron chi connectivity index (χ3n) is 1.96. The largest absolute Gasteiger partial charge is 0.402 e. The fraction of sp³-hybridized carbons (Fsp3) is 0.727. The first-order valence-electron chi connectivity index (χ1n) is 4.93.